The highest BCUT2D eigenvalue weighted by molar-refractivity contribution is 7.21. The van der Waals surface area contributed by atoms with Crippen LogP contribution in [0, 0.1) is 0 Å². The lowest BCUT2D eigenvalue weighted by molar-refractivity contribution is -0.136. The van der Waals surface area contributed by atoms with Crippen molar-refractivity contribution in [2.45, 2.75) is 25.8 Å². The van der Waals surface area contributed by atoms with Crippen molar-refractivity contribution < 1.29 is 38.4 Å². The first-order valence-electron chi connectivity index (χ1n) is 14.1. The third kappa shape index (κ3) is 7.55. The summed E-state index contributed by atoms with van der Waals surface area (Å²) in [5.41, 5.74) is 0.817. The van der Waals surface area contributed by atoms with Crippen LogP contribution >= 0.6 is 22.7 Å². The number of fused-ring (bicyclic) bond motifs is 2. The van der Waals surface area contributed by atoms with Gasteiger partial charge in [0.25, 0.3) is 5.91 Å². The molecule has 3 heterocycles. The third-order valence-electron chi connectivity index (χ3n) is 6.98. The number of carbonyl (C=O) groups excluding carboxylic acids is 2. The van der Waals surface area contributed by atoms with Crippen LogP contribution in [0.3, 0.4) is 0 Å². The number of nitrogens with zero attached hydrogens (tertiary/aromatic N) is 3. The van der Waals surface area contributed by atoms with Crippen molar-refractivity contribution >= 4 is 60.5 Å². The second kappa shape index (κ2) is 14.0. The van der Waals surface area contributed by atoms with E-state index in [2.05, 4.69) is 5.10 Å². The van der Waals surface area contributed by atoms with Crippen molar-refractivity contribution in [1.82, 2.24) is 14.7 Å². The Kier molecular flexibility index (Phi) is 9.89. The SMILES string of the molecule is COc1cc2sc(C(=O)CCC(=O)O)cc2cc1OCCCOc1cc2sc(C(=O)N(C)Cc3ccn(C)n3)cc2cc1OC. The van der Waals surface area contributed by atoms with Crippen LogP contribution in [0.2, 0.25) is 0 Å². The average molecular weight is 652 g/mol. The summed E-state index contributed by atoms with van der Waals surface area (Å²) in [6.45, 7) is 1.12. The average Bonchev–Trinajstić information content (AvgIpc) is 3.75. The van der Waals surface area contributed by atoms with Gasteiger partial charge < -0.3 is 29.0 Å². The van der Waals surface area contributed by atoms with E-state index in [4.69, 9.17) is 24.1 Å². The first kappa shape index (κ1) is 31.8. The van der Waals surface area contributed by atoms with E-state index in [-0.39, 0.29) is 24.5 Å². The van der Waals surface area contributed by atoms with Gasteiger partial charge in [0, 0.05) is 54.7 Å². The van der Waals surface area contributed by atoms with Gasteiger partial charge in [-0.25, -0.2) is 0 Å². The summed E-state index contributed by atoms with van der Waals surface area (Å²) in [5.74, 6) is 0.927. The van der Waals surface area contributed by atoms with Crippen molar-refractivity contribution in [3.8, 4) is 23.0 Å². The van der Waals surface area contributed by atoms with Crippen LogP contribution in [0.15, 0.2) is 48.7 Å². The number of benzene rings is 2. The van der Waals surface area contributed by atoms with Gasteiger partial charge >= 0.3 is 5.97 Å². The summed E-state index contributed by atoms with van der Waals surface area (Å²) in [7, 11) is 6.73. The number of ketones is 1. The Balaban J connectivity index is 1.19. The highest BCUT2D eigenvalue weighted by atomic mass is 32.1. The van der Waals surface area contributed by atoms with Crippen LogP contribution in [0.25, 0.3) is 20.2 Å². The van der Waals surface area contributed by atoms with Crippen molar-refractivity contribution in [2.75, 3.05) is 34.5 Å². The molecule has 5 aromatic rings. The molecular formula is C32H33N3O8S2. The van der Waals surface area contributed by atoms with Crippen LogP contribution in [0.5, 0.6) is 23.0 Å². The number of carboxylic acids is 1. The second-order valence-corrected chi connectivity index (χ2v) is 12.5. The summed E-state index contributed by atoms with van der Waals surface area (Å²) in [4.78, 5) is 39.1. The Morgan fingerprint density at radius 1 is 0.844 bits per heavy atom. The van der Waals surface area contributed by atoms with Gasteiger partial charge in [0.2, 0.25) is 0 Å². The lowest BCUT2D eigenvalue weighted by atomic mass is 10.1. The highest BCUT2D eigenvalue weighted by Gasteiger charge is 2.19. The van der Waals surface area contributed by atoms with Gasteiger partial charge in [-0.15, -0.1) is 22.7 Å². The molecule has 0 unspecified atom stereocenters. The Labute approximate surface area is 267 Å². The number of carboxylic acid groups (broad SMARTS) is 1. The van der Waals surface area contributed by atoms with Crippen LogP contribution in [-0.2, 0) is 18.4 Å². The summed E-state index contributed by atoms with van der Waals surface area (Å²) < 4.78 is 26.6. The van der Waals surface area contributed by atoms with E-state index in [1.54, 1.807) is 36.9 Å². The molecule has 236 valence electrons. The molecule has 13 heteroatoms. The van der Waals surface area contributed by atoms with Gasteiger partial charge in [0.1, 0.15) is 0 Å². The molecule has 0 saturated heterocycles. The maximum atomic E-state index is 13.1. The Hall–Kier alpha value is -4.62. The minimum absolute atomic E-state index is 0.0455. The molecule has 0 spiro atoms. The first-order chi connectivity index (χ1) is 21.6. The third-order valence-corrected chi connectivity index (χ3v) is 9.20. The van der Waals surface area contributed by atoms with E-state index < -0.39 is 5.97 Å². The van der Waals surface area contributed by atoms with E-state index in [0.717, 1.165) is 25.9 Å². The minimum atomic E-state index is -1.00. The topological polar surface area (TPSA) is 129 Å². The number of carbonyl (C=O) groups is 3. The van der Waals surface area contributed by atoms with Crippen LogP contribution in [0.4, 0.5) is 0 Å². The Morgan fingerprint density at radius 3 is 2.04 bits per heavy atom. The Bertz CT molecular complexity index is 1860. The number of thiophene rings is 2. The predicted octanol–water partition coefficient (Wildman–Crippen LogP) is 6.03. The fraction of sp³-hybridized carbons (Fsp3) is 0.312. The molecule has 1 N–H and O–H groups in total. The molecule has 11 nitrogen and oxygen atoms in total. The smallest absolute Gasteiger partial charge is 0.303 e. The van der Waals surface area contributed by atoms with Crippen LogP contribution in [-0.4, -0.2) is 71.9 Å². The van der Waals surface area contributed by atoms with E-state index in [1.807, 2.05) is 49.6 Å². The number of aryl methyl sites for hydroxylation is 1. The standard InChI is InChI=1S/C32H33N3O8S2/c1-34(18-21-8-9-35(2)33-21)32(39)30-15-19-12-23(40-3)26(17-28(19)45-30)43-11-5-10-42-25-13-20-14-29(22(36)6-7-31(37)38)44-27(20)16-24(25)41-4/h8-9,12-17H,5-7,10-11,18H2,1-4H3,(H,37,38). The largest absolute Gasteiger partial charge is 0.493 e. The van der Waals surface area contributed by atoms with Crippen LogP contribution < -0.4 is 18.9 Å². The normalized spacial score (nSPS) is 11.1. The fourth-order valence-electron chi connectivity index (χ4n) is 4.70. The monoisotopic (exact) mass is 651 g/mol. The highest BCUT2D eigenvalue weighted by Crippen LogP contribution is 2.38. The zero-order valence-electron chi connectivity index (χ0n) is 25.3. The molecule has 0 aliphatic carbocycles. The molecule has 0 fully saturated rings. The number of methoxy groups -OCH3 is 2. The van der Waals surface area contributed by atoms with Crippen molar-refractivity contribution in [3.05, 3.63) is 64.1 Å². The summed E-state index contributed by atoms with van der Waals surface area (Å²) >= 11 is 2.70. The quantitative estimate of drug-likeness (QED) is 0.106. The minimum Gasteiger partial charge on any atom is -0.493 e. The molecular weight excluding hydrogens is 618 g/mol. The Morgan fingerprint density at radius 2 is 1.42 bits per heavy atom. The number of amides is 1. The lowest BCUT2D eigenvalue weighted by Gasteiger charge is -2.14. The summed E-state index contributed by atoms with van der Waals surface area (Å²) in [6, 6.07) is 12.9. The molecule has 0 radical (unpaired) electrons. The van der Waals surface area contributed by atoms with Gasteiger partial charge in [-0.3, -0.25) is 19.1 Å². The number of Topliss-reactive ketones (excluding diaryl/α,β-unsaturated/α-hetero) is 1. The second-order valence-electron chi connectivity index (χ2n) is 10.3. The molecule has 3 aromatic heterocycles. The van der Waals surface area contributed by atoms with E-state index in [9.17, 15) is 14.4 Å². The van der Waals surface area contributed by atoms with Gasteiger partial charge in [0.15, 0.2) is 28.8 Å². The van der Waals surface area contributed by atoms with Gasteiger partial charge in [-0.1, -0.05) is 0 Å². The van der Waals surface area contributed by atoms with Gasteiger partial charge in [-0.05, 0) is 41.1 Å². The van der Waals surface area contributed by atoms with Crippen molar-refractivity contribution in [2.24, 2.45) is 7.05 Å². The molecule has 0 aliphatic heterocycles. The van der Waals surface area contributed by atoms with Gasteiger partial charge in [-0.2, -0.15) is 5.10 Å². The summed E-state index contributed by atoms with van der Waals surface area (Å²) in [6.07, 6.45) is 2.17. The molecule has 0 bridgehead atoms. The predicted molar refractivity (Wildman–Crippen MR) is 173 cm³/mol. The first-order valence-corrected chi connectivity index (χ1v) is 15.8. The molecule has 0 saturated carbocycles. The zero-order chi connectivity index (χ0) is 32.1. The maximum Gasteiger partial charge on any atom is 0.303 e. The maximum absolute atomic E-state index is 13.1. The van der Waals surface area contributed by atoms with E-state index in [0.29, 0.717) is 58.9 Å². The lowest BCUT2D eigenvalue weighted by Crippen LogP contribution is -2.25. The van der Waals surface area contributed by atoms with E-state index in [1.165, 1.54) is 22.7 Å². The number of ether oxygens (including phenoxy) is 4. The molecule has 0 atom stereocenters. The van der Waals surface area contributed by atoms with Crippen molar-refractivity contribution in [3.63, 3.8) is 0 Å². The van der Waals surface area contributed by atoms with Gasteiger partial charge in [0.05, 0.1) is 55.8 Å². The molecule has 45 heavy (non-hydrogen) atoms. The van der Waals surface area contributed by atoms with E-state index >= 15 is 0 Å². The van der Waals surface area contributed by atoms with Crippen molar-refractivity contribution in [1.29, 1.82) is 0 Å². The molecule has 0 aliphatic rings. The molecule has 5 rings (SSSR count). The number of aromatic nitrogens is 2. The molecule has 2 aromatic carbocycles. The summed E-state index contributed by atoms with van der Waals surface area (Å²) in [5, 5.41) is 14.9. The number of hydrogen-bond acceptors (Lipinski definition) is 10. The number of aliphatic carboxylic acids is 1. The zero-order valence-corrected chi connectivity index (χ0v) is 27.0. The number of hydrogen-bond donors (Lipinski definition) is 1. The number of rotatable bonds is 15. The molecule has 1 amide bonds. The fourth-order valence-corrected chi connectivity index (χ4v) is 6.81. The van der Waals surface area contributed by atoms with Crippen LogP contribution in [0.1, 0.15) is 44.3 Å².